The second-order valence-electron chi connectivity index (χ2n) is 5.22. The minimum absolute atomic E-state index is 0.0830. The number of carbonyl (C=O) groups is 1. The number of aromatic nitrogens is 2. The summed E-state index contributed by atoms with van der Waals surface area (Å²) >= 11 is 0. The molecule has 0 fully saturated rings. The summed E-state index contributed by atoms with van der Waals surface area (Å²) in [5.74, 6) is -2.74. The number of anilines is 1. The first kappa shape index (κ1) is 16.9. The maximum atomic E-state index is 14.2. The molecule has 0 saturated heterocycles. The number of hydrogen-bond donors (Lipinski definition) is 2. The molecule has 3 rings (SSSR count). The lowest BCUT2D eigenvalue weighted by Crippen LogP contribution is -2.30. The van der Waals surface area contributed by atoms with Gasteiger partial charge < -0.3 is 15.2 Å². The van der Waals surface area contributed by atoms with E-state index in [0.29, 0.717) is 0 Å². The summed E-state index contributed by atoms with van der Waals surface area (Å²) in [6, 6.07) is 4.60. The van der Waals surface area contributed by atoms with Gasteiger partial charge in [-0.1, -0.05) is 6.08 Å². The van der Waals surface area contributed by atoms with Crippen LogP contribution in [0, 0.1) is 11.6 Å². The van der Waals surface area contributed by atoms with Crippen molar-refractivity contribution in [3.8, 4) is 0 Å². The minimum atomic E-state index is -0.945. The summed E-state index contributed by atoms with van der Waals surface area (Å²) in [6.07, 6.45) is 2.40. The maximum Gasteiger partial charge on any atom is 0.352 e. The molecule has 2 aromatic rings. The molecule has 1 aromatic carbocycles. The number of carbonyl (C=O) groups excluding carboxylic acids is 1. The first-order chi connectivity index (χ1) is 12.0. The number of halogens is 2. The molecule has 25 heavy (non-hydrogen) atoms. The monoisotopic (exact) mass is 349 g/mol. The van der Waals surface area contributed by atoms with E-state index in [0.717, 1.165) is 22.9 Å². The Labute approximate surface area is 140 Å². The third kappa shape index (κ3) is 3.62. The van der Waals surface area contributed by atoms with Crippen molar-refractivity contribution in [3.63, 3.8) is 0 Å². The second kappa shape index (κ2) is 6.91. The topological polar surface area (TPSA) is 93.5 Å². The van der Waals surface area contributed by atoms with Gasteiger partial charge in [0.25, 0.3) is 5.91 Å². The molecule has 2 atom stereocenters. The Morgan fingerprint density at radius 1 is 1.28 bits per heavy atom. The molecule has 130 valence electrons. The molecular formula is C16H13F2N3O4. The highest BCUT2D eigenvalue weighted by molar-refractivity contribution is 6.03. The zero-order valence-corrected chi connectivity index (χ0v) is 12.7. The van der Waals surface area contributed by atoms with E-state index < -0.39 is 41.4 Å². The first-order valence-electron chi connectivity index (χ1n) is 7.28. The van der Waals surface area contributed by atoms with E-state index in [1.165, 1.54) is 18.2 Å². The Balaban J connectivity index is 1.81. The van der Waals surface area contributed by atoms with Crippen LogP contribution in [-0.4, -0.2) is 33.3 Å². The molecule has 7 nitrogen and oxygen atoms in total. The maximum absolute atomic E-state index is 14.2. The van der Waals surface area contributed by atoms with Crippen LogP contribution in [0.1, 0.15) is 16.6 Å². The molecular weight excluding hydrogens is 336 g/mol. The van der Waals surface area contributed by atoms with Crippen molar-refractivity contribution in [2.45, 2.75) is 12.3 Å². The van der Waals surface area contributed by atoms with E-state index in [-0.39, 0.29) is 12.2 Å². The van der Waals surface area contributed by atoms with Crippen LogP contribution in [0.4, 0.5) is 14.6 Å². The average molecular weight is 349 g/mol. The van der Waals surface area contributed by atoms with Crippen LogP contribution in [0.2, 0.25) is 0 Å². The minimum Gasteiger partial charge on any atom is -0.393 e. The number of rotatable bonds is 4. The third-order valence-electron chi connectivity index (χ3n) is 3.50. The van der Waals surface area contributed by atoms with Crippen molar-refractivity contribution in [1.29, 1.82) is 0 Å². The SMILES string of the molecule is O=C(Nc1nc(=O)n(C2C=CC(CO)O2)cc1F)c1ccc(F)cc1. The van der Waals surface area contributed by atoms with E-state index >= 15 is 0 Å². The quantitative estimate of drug-likeness (QED) is 0.810. The third-order valence-corrected chi connectivity index (χ3v) is 3.50. The molecule has 0 saturated carbocycles. The van der Waals surface area contributed by atoms with Crippen molar-refractivity contribution in [2.24, 2.45) is 0 Å². The Morgan fingerprint density at radius 2 is 2.00 bits per heavy atom. The molecule has 1 aromatic heterocycles. The summed E-state index contributed by atoms with van der Waals surface area (Å²) < 4.78 is 33.2. The standard InChI is InChI=1S/C16H13F2N3O4/c17-10-3-1-9(2-4-10)15(23)19-14-12(18)7-21(16(24)20-14)13-6-5-11(8-22)25-13/h1-7,11,13,22H,8H2,(H,19,20,23,24). The van der Waals surface area contributed by atoms with Crippen LogP contribution >= 0.6 is 0 Å². The highest BCUT2D eigenvalue weighted by Gasteiger charge is 2.23. The Hall–Kier alpha value is -2.91. The number of aliphatic hydroxyl groups is 1. The zero-order valence-electron chi connectivity index (χ0n) is 12.7. The summed E-state index contributed by atoms with van der Waals surface area (Å²) in [7, 11) is 0. The van der Waals surface area contributed by atoms with Gasteiger partial charge in [-0.3, -0.25) is 9.36 Å². The Morgan fingerprint density at radius 3 is 2.64 bits per heavy atom. The fraction of sp³-hybridized carbons (Fsp3) is 0.188. The number of ether oxygens (including phenoxy) is 1. The number of nitrogens with one attached hydrogen (secondary N) is 1. The fourth-order valence-electron chi connectivity index (χ4n) is 2.25. The number of hydrogen-bond acceptors (Lipinski definition) is 5. The molecule has 2 heterocycles. The van der Waals surface area contributed by atoms with Crippen molar-refractivity contribution in [1.82, 2.24) is 9.55 Å². The molecule has 1 amide bonds. The largest absolute Gasteiger partial charge is 0.393 e. The molecule has 1 aliphatic heterocycles. The Kier molecular flexibility index (Phi) is 4.68. The van der Waals surface area contributed by atoms with Gasteiger partial charge in [-0.05, 0) is 30.3 Å². The van der Waals surface area contributed by atoms with Gasteiger partial charge in [-0.15, -0.1) is 0 Å². The molecule has 0 aliphatic carbocycles. The van der Waals surface area contributed by atoms with Crippen LogP contribution in [0.5, 0.6) is 0 Å². The summed E-state index contributed by atoms with van der Waals surface area (Å²) in [5.41, 5.74) is -0.760. The molecule has 2 unspecified atom stereocenters. The molecule has 9 heteroatoms. The lowest BCUT2D eigenvalue weighted by Gasteiger charge is -2.15. The fourth-order valence-corrected chi connectivity index (χ4v) is 2.25. The average Bonchev–Trinajstić information content (AvgIpc) is 3.07. The molecule has 0 radical (unpaired) electrons. The predicted octanol–water partition coefficient (Wildman–Crippen LogP) is 1.22. The van der Waals surface area contributed by atoms with Gasteiger partial charge >= 0.3 is 5.69 Å². The van der Waals surface area contributed by atoms with Gasteiger partial charge in [-0.25, -0.2) is 13.6 Å². The van der Waals surface area contributed by atoms with E-state index in [2.05, 4.69) is 10.3 Å². The molecule has 0 bridgehead atoms. The second-order valence-corrected chi connectivity index (χ2v) is 5.22. The summed E-state index contributed by atoms with van der Waals surface area (Å²) in [6.45, 7) is -0.274. The van der Waals surface area contributed by atoms with Crippen LogP contribution in [0.25, 0.3) is 0 Å². The zero-order chi connectivity index (χ0) is 18.0. The van der Waals surface area contributed by atoms with Gasteiger partial charge in [-0.2, -0.15) is 4.98 Å². The van der Waals surface area contributed by atoms with Crippen molar-refractivity contribution in [3.05, 3.63) is 70.3 Å². The van der Waals surface area contributed by atoms with E-state index in [4.69, 9.17) is 9.84 Å². The Bertz CT molecular complexity index is 880. The van der Waals surface area contributed by atoms with Gasteiger partial charge in [0.2, 0.25) is 0 Å². The summed E-state index contributed by atoms with van der Waals surface area (Å²) in [5, 5.41) is 11.2. The van der Waals surface area contributed by atoms with Crippen LogP contribution < -0.4 is 11.0 Å². The molecule has 2 N–H and O–H groups in total. The highest BCUT2D eigenvalue weighted by Crippen LogP contribution is 2.20. The van der Waals surface area contributed by atoms with E-state index in [1.54, 1.807) is 6.08 Å². The van der Waals surface area contributed by atoms with Gasteiger partial charge in [0.15, 0.2) is 17.9 Å². The van der Waals surface area contributed by atoms with Crippen LogP contribution in [-0.2, 0) is 4.74 Å². The number of benzene rings is 1. The number of nitrogens with zero attached hydrogens (tertiary/aromatic N) is 2. The van der Waals surface area contributed by atoms with Gasteiger partial charge in [0, 0.05) is 5.56 Å². The van der Waals surface area contributed by atoms with Gasteiger partial charge in [0.05, 0.1) is 12.8 Å². The lowest BCUT2D eigenvalue weighted by molar-refractivity contribution is -0.0106. The van der Waals surface area contributed by atoms with E-state index in [9.17, 15) is 18.4 Å². The molecule has 1 aliphatic rings. The number of aliphatic hydroxyl groups excluding tert-OH is 1. The predicted molar refractivity (Wildman–Crippen MR) is 82.9 cm³/mol. The van der Waals surface area contributed by atoms with Crippen LogP contribution in [0.15, 0.2) is 47.4 Å². The van der Waals surface area contributed by atoms with E-state index in [1.807, 2.05) is 0 Å². The molecule has 0 spiro atoms. The van der Waals surface area contributed by atoms with Crippen molar-refractivity contribution < 1.29 is 23.4 Å². The first-order valence-corrected chi connectivity index (χ1v) is 7.28. The lowest BCUT2D eigenvalue weighted by atomic mass is 10.2. The highest BCUT2D eigenvalue weighted by atomic mass is 19.1. The normalized spacial score (nSPS) is 19.2. The van der Waals surface area contributed by atoms with Crippen LogP contribution in [0.3, 0.4) is 0 Å². The van der Waals surface area contributed by atoms with Crippen molar-refractivity contribution in [2.75, 3.05) is 11.9 Å². The van der Waals surface area contributed by atoms with Gasteiger partial charge in [0.1, 0.15) is 11.9 Å². The van der Waals surface area contributed by atoms with Crippen molar-refractivity contribution >= 4 is 11.7 Å². The smallest absolute Gasteiger partial charge is 0.352 e. The summed E-state index contributed by atoms with van der Waals surface area (Å²) in [4.78, 5) is 27.5. The number of amides is 1.